The van der Waals surface area contributed by atoms with Crippen molar-refractivity contribution in [3.8, 4) is 5.75 Å². The first-order chi connectivity index (χ1) is 14.5. The molecule has 2 aliphatic rings. The first kappa shape index (κ1) is 20.8. The van der Waals surface area contributed by atoms with Gasteiger partial charge >= 0.3 is 11.9 Å². The number of halogens is 1. The Morgan fingerprint density at radius 2 is 2.00 bits per heavy atom. The summed E-state index contributed by atoms with van der Waals surface area (Å²) in [6.45, 7) is 2.11. The van der Waals surface area contributed by atoms with Crippen LogP contribution in [0.5, 0.6) is 5.75 Å². The van der Waals surface area contributed by atoms with Gasteiger partial charge in [0.15, 0.2) is 6.10 Å². The number of carbonyl (C=O) groups is 2. The van der Waals surface area contributed by atoms with Crippen LogP contribution >= 0.6 is 11.6 Å². The highest BCUT2D eigenvalue weighted by atomic mass is 35.5. The lowest BCUT2D eigenvalue weighted by atomic mass is 9.95. The molecule has 4 rings (SSSR count). The zero-order valence-corrected chi connectivity index (χ0v) is 17.6. The molecule has 2 aliphatic heterocycles. The third-order valence-electron chi connectivity index (χ3n) is 5.49. The Morgan fingerprint density at radius 3 is 2.70 bits per heavy atom. The molecule has 0 amide bonds. The third-order valence-corrected chi connectivity index (χ3v) is 5.86. The van der Waals surface area contributed by atoms with Crippen LogP contribution in [0, 0.1) is 0 Å². The van der Waals surface area contributed by atoms with Crippen molar-refractivity contribution >= 4 is 40.0 Å². The number of benzene rings is 2. The molecule has 160 valence electrons. The van der Waals surface area contributed by atoms with Gasteiger partial charge in [-0.1, -0.05) is 24.3 Å². The molecule has 0 aromatic heterocycles. The van der Waals surface area contributed by atoms with Gasteiger partial charge in [0.05, 0.1) is 7.11 Å². The van der Waals surface area contributed by atoms with E-state index < -0.39 is 30.4 Å². The summed E-state index contributed by atoms with van der Waals surface area (Å²) in [5.41, 5.74) is 2.16. The van der Waals surface area contributed by atoms with Crippen LogP contribution in [0.15, 0.2) is 30.3 Å². The van der Waals surface area contributed by atoms with Gasteiger partial charge in [0.25, 0.3) is 0 Å². The SMILES string of the molecule is COC(=O)[C@@H]1CC(OC(C)=O)C[C@H](Oc2cc3c(c4ccccc24)C(CCl)CN3)O1. The molecule has 0 bridgehead atoms. The van der Waals surface area contributed by atoms with Gasteiger partial charge in [0.1, 0.15) is 11.9 Å². The molecule has 30 heavy (non-hydrogen) atoms. The second-order valence-corrected chi connectivity index (χ2v) is 7.82. The molecule has 0 aliphatic carbocycles. The number of esters is 2. The minimum absolute atomic E-state index is 0.226. The summed E-state index contributed by atoms with van der Waals surface area (Å²) < 4.78 is 22.2. The van der Waals surface area contributed by atoms with Gasteiger partial charge in [0, 0.05) is 55.2 Å². The fourth-order valence-corrected chi connectivity index (χ4v) is 4.45. The Hall–Kier alpha value is -2.51. The van der Waals surface area contributed by atoms with Gasteiger partial charge in [0.2, 0.25) is 6.29 Å². The first-order valence-corrected chi connectivity index (χ1v) is 10.5. The molecule has 7 nitrogen and oxygen atoms in total. The molecule has 2 aromatic rings. The maximum Gasteiger partial charge on any atom is 0.335 e. The molecule has 0 spiro atoms. The van der Waals surface area contributed by atoms with Crippen LogP contribution in [0.1, 0.15) is 31.2 Å². The van der Waals surface area contributed by atoms with Crippen molar-refractivity contribution < 1.29 is 28.5 Å². The van der Waals surface area contributed by atoms with Crippen LogP contribution in [0.25, 0.3) is 10.8 Å². The number of alkyl halides is 1. The molecule has 2 aromatic carbocycles. The number of methoxy groups -OCH3 is 1. The number of hydrogen-bond acceptors (Lipinski definition) is 7. The molecule has 4 atom stereocenters. The van der Waals surface area contributed by atoms with Gasteiger partial charge in [-0.25, -0.2) is 4.79 Å². The van der Waals surface area contributed by atoms with E-state index in [-0.39, 0.29) is 12.3 Å². The number of hydrogen-bond donors (Lipinski definition) is 1. The summed E-state index contributed by atoms with van der Waals surface area (Å²) in [6, 6.07) is 9.90. The van der Waals surface area contributed by atoms with Crippen molar-refractivity contribution in [2.45, 2.75) is 44.2 Å². The van der Waals surface area contributed by atoms with Crippen molar-refractivity contribution in [1.82, 2.24) is 0 Å². The number of fused-ring (bicyclic) bond motifs is 3. The second kappa shape index (κ2) is 8.70. The fraction of sp³-hybridized carbons (Fsp3) is 0.455. The van der Waals surface area contributed by atoms with Crippen LogP contribution < -0.4 is 10.1 Å². The lowest BCUT2D eigenvalue weighted by Gasteiger charge is -2.33. The van der Waals surface area contributed by atoms with E-state index in [9.17, 15) is 9.59 Å². The average Bonchev–Trinajstić information content (AvgIpc) is 3.15. The molecular weight excluding hydrogens is 410 g/mol. The molecule has 2 unspecified atom stereocenters. The van der Waals surface area contributed by atoms with Crippen LogP contribution in [-0.2, 0) is 23.8 Å². The van der Waals surface area contributed by atoms with Crippen LogP contribution in [0.3, 0.4) is 0 Å². The maximum atomic E-state index is 12.1. The van der Waals surface area contributed by atoms with Gasteiger partial charge < -0.3 is 24.3 Å². The lowest BCUT2D eigenvalue weighted by molar-refractivity contribution is -0.204. The predicted octanol–water partition coefficient (Wildman–Crippen LogP) is 3.58. The van der Waals surface area contributed by atoms with Crippen LogP contribution in [0.2, 0.25) is 0 Å². The fourth-order valence-electron chi connectivity index (χ4n) is 4.19. The normalized spacial score (nSPS) is 25.3. The summed E-state index contributed by atoms with van der Waals surface area (Å²) in [6.07, 6.45) is -1.58. The Labute approximate surface area is 179 Å². The smallest absolute Gasteiger partial charge is 0.335 e. The van der Waals surface area contributed by atoms with E-state index in [4.69, 9.17) is 30.5 Å². The largest absolute Gasteiger partial charge is 0.467 e. The molecule has 0 radical (unpaired) electrons. The molecule has 0 saturated carbocycles. The standard InChI is InChI=1S/C22H24ClNO6/c1-12(25)28-14-7-19(22(26)27-2)30-20(8-14)29-18-9-17-21(13(10-23)11-24-17)16-6-4-3-5-15(16)18/h3-6,9,13-14,19-20,24H,7-8,10-11H2,1-2H3/t13?,14?,19-,20+/m0/s1. The Balaban J connectivity index is 1.65. The highest BCUT2D eigenvalue weighted by molar-refractivity contribution is 6.18. The van der Waals surface area contributed by atoms with E-state index in [1.165, 1.54) is 19.6 Å². The number of nitrogens with one attached hydrogen (secondary N) is 1. The van der Waals surface area contributed by atoms with E-state index in [1.54, 1.807) is 0 Å². The van der Waals surface area contributed by atoms with Gasteiger partial charge in [-0.05, 0) is 10.9 Å². The van der Waals surface area contributed by atoms with Crippen molar-refractivity contribution in [2.75, 3.05) is 24.9 Å². The van der Waals surface area contributed by atoms with Crippen molar-refractivity contribution in [3.05, 3.63) is 35.9 Å². The topological polar surface area (TPSA) is 83.1 Å². The van der Waals surface area contributed by atoms with Crippen molar-refractivity contribution in [3.63, 3.8) is 0 Å². The van der Waals surface area contributed by atoms with Crippen molar-refractivity contribution in [2.24, 2.45) is 0 Å². The third kappa shape index (κ3) is 4.04. The Kier molecular flexibility index (Phi) is 6.01. The molecule has 2 heterocycles. The number of ether oxygens (including phenoxy) is 4. The minimum atomic E-state index is -0.863. The predicted molar refractivity (Wildman–Crippen MR) is 112 cm³/mol. The van der Waals surface area contributed by atoms with Gasteiger partial charge in [-0.15, -0.1) is 11.6 Å². The van der Waals surface area contributed by atoms with Gasteiger partial charge in [-0.3, -0.25) is 4.79 Å². The summed E-state index contributed by atoms with van der Waals surface area (Å²) in [4.78, 5) is 23.5. The average molecular weight is 434 g/mol. The Morgan fingerprint density at radius 1 is 1.23 bits per heavy atom. The summed E-state index contributed by atoms with van der Waals surface area (Å²) >= 11 is 6.17. The highest BCUT2D eigenvalue weighted by Gasteiger charge is 2.37. The monoisotopic (exact) mass is 433 g/mol. The Bertz CT molecular complexity index is 964. The number of anilines is 1. The van der Waals surface area contributed by atoms with E-state index in [2.05, 4.69) is 5.32 Å². The molecule has 1 fully saturated rings. The van der Waals surface area contributed by atoms with Crippen molar-refractivity contribution in [1.29, 1.82) is 0 Å². The van der Waals surface area contributed by atoms with E-state index in [0.717, 1.165) is 23.0 Å². The first-order valence-electron chi connectivity index (χ1n) is 9.92. The summed E-state index contributed by atoms with van der Waals surface area (Å²) in [7, 11) is 1.30. The molecular formula is C22H24ClNO6. The van der Waals surface area contributed by atoms with E-state index in [1.807, 2.05) is 30.3 Å². The molecule has 8 heteroatoms. The maximum absolute atomic E-state index is 12.1. The van der Waals surface area contributed by atoms with Crippen LogP contribution in [0.4, 0.5) is 5.69 Å². The van der Waals surface area contributed by atoms with Gasteiger partial charge in [-0.2, -0.15) is 0 Å². The lowest BCUT2D eigenvalue weighted by Crippen LogP contribution is -2.44. The zero-order valence-electron chi connectivity index (χ0n) is 16.9. The quantitative estimate of drug-likeness (QED) is 0.570. The van der Waals surface area contributed by atoms with E-state index >= 15 is 0 Å². The molecule has 1 saturated heterocycles. The zero-order chi connectivity index (χ0) is 21.3. The van der Waals surface area contributed by atoms with E-state index in [0.29, 0.717) is 18.1 Å². The number of rotatable bonds is 5. The number of carbonyl (C=O) groups excluding carboxylic acids is 2. The van der Waals surface area contributed by atoms with Crippen LogP contribution in [-0.4, -0.2) is 50.0 Å². The molecule has 1 N–H and O–H groups in total. The highest BCUT2D eigenvalue weighted by Crippen LogP contribution is 2.43. The summed E-state index contributed by atoms with van der Waals surface area (Å²) in [5.74, 6) is 0.447. The minimum Gasteiger partial charge on any atom is -0.467 e. The summed E-state index contributed by atoms with van der Waals surface area (Å²) in [5, 5.41) is 5.39. The second-order valence-electron chi connectivity index (χ2n) is 7.51.